The van der Waals surface area contributed by atoms with Gasteiger partial charge in [0.1, 0.15) is 16.9 Å². The third-order valence-electron chi connectivity index (χ3n) is 4.09. The zero-order valence-corrected chi connectivity index (χ0v) is 12.0. The molecule has 1 fully saturated rings. The Balaban J connectivity index is 1.75. The number of rotatable bonds is 4. The Hall–Kier alpha value is -1.36. The topological polar surface area (TPSA) is 54.6 Å². The second kappa shape index (κ2) is 5.20. The predicted molar refractivity (Wildman–Crippen MR) is 77.8 cm³/mol. The van der Waals surface area contributed by atoms with Gasteiger partial charge in [-0.15, -0.1) is 0 Å². The summed E-state index contributed by atoms with van der Waals surface area (Å²) in [6, 6.07) is 8.11. The van der Waals surface area contributed by atoms with E-state index in [0.717, 1.165) is 22.3 Å². The lowest BCUT2D eigenvalue weighted by molar-refractivity contribution is 0.0247. The van der Waals surface area contributed by atoms with Crippen molar-refractivity contribution in [3.8, 4) is 0 Å². The van der Waals surface area contributed by atoms with Crippen LogP contribution in [0.3, 0.4) is 0 Å². The molecule has 0 saturated carbocycles. The molecule has 0 spiro atoms. The Kier molecular flexibility index (Phi) is 3.54. The van der Waals surface area contributed by atoms with E-state index in [2.05, 4.69) is 25.2 Å². The maximum atomic E-state index is 10.3. The standard InChI is InChI=1S/C16H21NO3/c1-11-13-5-3-4-6-14(13)20-15(11)12(2)17-9-16(18)7-8-19-10-16/h3-6,12,17-18H,7-10H2,1-2H3/t12-,16-/m1/s1. The van der Waals surface area contributed by atoms with Crippen LogP contribution < -0.4 is 5.32 Å². The summed E-state index contributed by atoms with van der Waals surface area (Å²) in [5, 5.41) is 14.8. The maximum absolute atomic E-state index is 10.3. The van der Waals surface area contributed by atoms with Crippen LogP contribution in [-0.4, -0.2) is 30.5 Å². The number of para-hydroxylation sites is 1. The Morgan fingerprint density at radius 1 is 1.40 bits per heavy atom. The highest BCUT2D eigenvalue weighted by Crippen LogP contribution is 2.29. The van der Waals surface area contributed by atoms with Crippen LogP contribution in [0.1, 0.15) is 30.7 Å². The van der Waals surface area contributed by atoms with Crippen LogP contribution in [0, 0.1) is 6.92 Å². The molecular weight excluding hydrogens is 254 g/mol. The molecule has 2 aromatic rings. The van der Waals surface area contributed by atoms with E-state index in [-0.39, 0.29) is 6.04 Å². The molecular formula is C16H21NO3. The van der Waals surface area contributed by atoms with Crippen molar-refractivity contribution >= 4 is 11.0 Å². The Bertz CT molecular complexity index is 599. The van der Waals surface area contributed by atoms with E-state index in [1.165, 1.54) is 0 Å². The molecule has 4 nitrogen and oxygen atoms in total. The summed E-state index contributed by atoms with van der Waals surface area (Å²) in [7, 11) is 0. The van der Waals surface area contributed by atoms with E-state index in [9.17, 15) is 5.11 Å². The van der Waals surface area contributed by atoms with Crippen LogP contribution in [-0.2, 0) is 4.74 Å². The molecule has 2 N–H and O–H groups in total. The zero-order valence-electron chi connectivity index (χ0n) is 12.0. The van der Waals surface area contributed by atoms with Crippen LogP contribution in [0.5, 0.6) is 0 Å². The van der Waals surface area contributed by atoms with E-state index >= 15 is 0 Å². The largest absolute Gasteiger partial charge is 0.459 e. The van der Waals surface area contributed by atoms with E-state index < -0.39 is 5.60 Å². The van der Waals surface area contributed by atoms with Crippen LogP contribution >= 0.6 is 0 Å². The zero-order chi connectivity index (χ0) is 14.2. The Labute approximate surface area is 118 Å². The lowest BCUT2D eigenvalue weighted by Gasteiger charge is -2.23. The van der Waals surface area contributed by atoms with Crippen LogP contribution in [0.2, 0.25) is 0 Å². The van der Waals surface area contributed by atoms with Gasteiger partial charge in [0, 0.05) is 25.0 Å². The first kappa shape index (κ1) is 13.6. The van der Waals surface area contributed by atoms with Gasteiger partial charge in [-0.3, -0.25) is 0 Å². The third-order valence-corrected chi connectivity index (χ3v) is 4.09. The fraction of sp³-hybridized carbons (Fsp3) is 0.500. The van der Waals surface area contributed by atoms with Gasteiger partial charge in [0.05, 0.1) is 12.6 Å². The highest BCUT2D eigenvalue weighted by molar-refractivity contribution is 5.82. The van der Waals surface area contributed by atoms with Gasteiger partial charge in [-0.1, -0.05) is 18.2 Å². The summed E-state index contributed by atoms with van der Waals surface area (Å²) >= 11 is 0. The summed E-state index contributed by atoms with van der Waals surface area (Å²) in [5.74, 6) is 0.939. The van der Waals surface area contributed by atoms with Crippen molar-refractivity contribution in [1.82, 2.24) is 5.32 Å². The smallest absolute Gasteiger partial charge is 0.134 e. The normalized spacial score (nSPS) is 24.4. The molecule has 1 aromatic carbocycles. The lowest BCUT2D eigenvalue weighted by Crippen LogP contribution is -2.41. The summed E-state index contributed by atoms with van der Waals surface area (Å²) in [4.78, 5) is 0. The number of benzene rings is 1. The highest BCUT2D eigenvalue weighted by Gasteiger charge is 2.32. The molecule has 0 amide bonds. The molecule has 1 saturated heterocycles. The second-order valence-corrected chi connectivity index (χ2v) is 5.72. The van der Waals surface area contributed by atoms with E-state index in [0.29, 0.717) is 26.2 Å². The molecule has 3 rings (SSSR count). The fourth-order valence-corrected chi connectivity index (χ4v) is 2.78. The first-order valence-corrected chi connectivity index (χ1v) is 7.11. The molecule has 0 radical (unpaired) electrons. The molecule has 0 aliphatic carbocycles. The van der Waals surface area contributed by atoms with Crippen molar-refractivity contribution < 1.29 is 14.3 Å². The number of hydrogen-bond donors (Lipinski definition) is 2. The van der Waals surface area contributed by atoms with Gasteiger partial charge in [0.15, 0.2) is 0 Å². The minimum Gasteiger partial charge on any atom is -0.459 e. The van der Waals surface area contributed by atoms with Crippen molar-refractivity contribution in [1.29, 1.82) is 0 Å². The van der Waals surface area contributed by atoms with Crippen LogP contribution in [0.15, 0.2) is 28.7 Å². The highest BCUT2D eigenvalue weighted by atomic mass is 16.5. The van der Waals surface area contributed by atoms with Gasteiger partial charge < -0.3 is 19.6 Å². The number of hydrogen-bond acceptors (Lipinski definition) is 4. The van der Waals surface area contributed by atoms with E-state index in [1.54, 1.807) is 0 Å². The van der Waals surface area contributed by atoms with Crippen molar-refractivity contribution in [2.45, 2.75) is 31.9 Å². The van der Waals surface area contributed by atoms with Gasteiger partial charge >= 0.3 is 0 Å². The molecule has 1 aromatic heterocycles. The minimum absolute atomic E-state index is 0.0621. The first-order chi connectivity index (χ1) is 9.59. The Morgan fingerprint density at radius 2 is 2.20 bits per heavy atom. The van der Waals surface area contributed by atoms with Gasteiger partial charge in [-0.05, 0) is 25.5 Å². The number of fused-ring (bicyclic) bond motifs is 1. The summed E-state index contributed by atoms with van der Waals surface area (Å²) in [5.41, 5.74) is 1.33. The van der Waals surface area contributed by atoms with Gasteiger partial charge in [0.25, 0.3) is 0 Å². The maximum Gasteiger partial charge on any atom is 0.134 e. The molecule has 108 valence electrons. The van der Waals surface area contributed by atoms with Gasteiger partial charge in [0.2, 0.25) is 0 Å². The SMILES string of the molecule is Cc1c([C@@H](C)NC[C@]2(O)CCOC2)oc2ccccc12. The predicted octanol–water partition coefficient (Wildman–Crippen LogP) is 2.54. The molecule has 1 aliphatic heterocycles. The van der Waals surface area contributed by atoms with E-state index in [1.807, 2.05) is 18.2 Å². The molecule has 0 unspecified atom stereocenters. The average molecular weight is 275 g/mol. The first-order valence-electron chi connectivity index (χ1n) is 7.11. The Morgan fingerprint density at radius 3 is 2.90 bits per heavy atom. The van der Waals surface area contributed by atoms with Crippen molar-refractivity contribution in [3.63, 3.8) is 0 Å². The quantitative estimate of drug-likeness (QED) is 0.900. The average Bonchev–Trinajstić information content (AvgIpc) is 3.02. The third kappa shape index (κ3) is 2.46. The summed E-state index contributed by atoms with van der Waals surface area (Å²) < 4.78 is 11.2. The molecule has 2 atom stereocenters. The van der Waals surface area contributed by atoms with Crippen molar-refractivity contribution in [2.75, 3.05) is 19.8 Å². The summed E-state index contributed by atoms with van der Waals surface area (Å²) in [6.45, 7) is 5.70. The lowest BCUT2D eigenvalue weighted by atomic mass is 10.0. The molecule has 2 heterocycles. The number of aliphatic hydroxyl groups is 1. The number of ether oxygens (including phenoxy) is 1. The number of nitrogens with one attached hydrogen (secondary N) is 1. The number of aryl methyl sites for hydroxylation is 1. The molecule has 20 heavy (non-hydrogen) atoms. The summed E-state index contributed by atoms with van der Waals surface area (Å²) in [6.07, 6.45) is 0.686. The van der Waals surface area contributed by atoms with Crippen molar-refractivity contribution in [3.05, 3.63) is 35.6 Å². The fourth-order valence-electron chi connectivity index (χ4n) is 2.78. The minimum atomic E-state index is -0.742. The van der Waals surface area contributed by atoms with E-state index in [4.69, 9.17) is 9.15 Å². The monoisotopic (exact) mass is 275 g/mol. The second-order valence-electron chi connectivity index (χ2n) is 5.72. The van der Waals surface area contributed by atoms with Gasteiger partial charge in [-0.2, -0.15) is 0 Å². The molecule has 4 heteroatoms. The van der Waals surface area contributed by atoms with Crippen molar-refractivity contribution in [2.24, 2.45) is 0 Å². The number of furan rings is 1. The van der Waals surface area contributed by atoms with Gasteiger partial charge in [-0.25, -0.2) is 0 Å². The van der Waals surface area contributed by atoms with Crippen LogP contribution in [0.4, 0.5) is 0 Å². The van der Waals surface area contributed by atoms with Crippen LogP contribution in [0.25, 0.3) is 11.0 Å². The molecule has 1 aliphatic rings. The molecule has 0 bridgehead atoms.